The first kappa shape index (κ1) is 12.0. The number of anilines is 2. The number of amides is 1. The second-order valence-corrected chi connectivity index (χ2v) is 5.32. The summed E-state index contributed by atoms with van der Waals surface area (Å²) in [5.74, 6) is 0.00681. The van der Waals surface area contributed by atoms with Crippen molar-refractivity contribution in [1.82, 2.24) is 4.98 Å². The number of rotatable bonds is 2. The molecule has 1 unspecified atom stereocenters. The van der Waals surface area contributed by atoms with Gasteiger partial charge in [0, 0.05) is 17.6 Å². The molecule has 0 bridgehead atoms. The van der Waals surface area contributed by atoms with E-state index in [1.807, 2.05) is 42.5 Å². The van der Waals surface area contributed by atoms with Crippen LogP contribution in [0.1, 0.15) is 5.69 Å². The van der Waals surface area contributed by atoms with E-state index in [1.54, 1.807) is 0 Å². The molecular formula is C17H15N3O. The van der Waals surface area contributed by atoms with Crippen molar-refractivity contribution in [1.29, 1.82) is 0 Å². The van der Waals surface area contributed by atoms with E-state index < -0.39 is 0 Å². The molecule has 1 aliphatic heterocycles. The minimum Gasteiger partial charge on any atom is -0.372 e. The van der Waals surface area contributed by atoms with E-state index in [9.17, 15) is 4.79 Å². The van der Waals surface area contributed by atoms with Crippen molar-refractivity contribution in [3.05, 3.63) is 60.3 Å². The third-order valence-corrected chi connectivity index (χ3v) is 3.84. The lowest BCUT2D eigenvalue weighted by Gasteiger charge is -2.26. The van der Waals surface area contributed by atoms with Crippen LogP contribution in [-0.2, 0) is 11.2 Å². The Labute approximate surface area is 122 Å². The van der Waals surface area contributed by atoms with Crippen LogP contribution in [0.4, 0.5) is 11.4 Å². The largest absolute Gasteiger partial charge is 0.372 e. The molecule has 2 aromatic carbocycles. The maximum atomic E-state index is 12.2. The lowest BCUT2D eigenvalue weighted by molar-refractivity contribution is -0.117. The van der Waals surface area contributed by atoms with Gasteiger partial charge >= 0.3 is 0 Å². The predicted octanol–water partition coefficient (Wildman–Crippen LogP) is 3.14. The first-order valence-corrected chi connectivity index (χ1v) is 7.03. The summed E-state index contributed by atoms with van der Waals surface area (Å²) in [6, 6.07) is 17.7. The van der Waals surface area contributed by atoms with Gasteiger partial charge in [-0.1, -0.05) is 30.3 Å². The van der Waals surface area contributed by atoms with Crippen LogP contribution in [0, 0.1) is 0 Å². The fourth-order valence-electron chi connectivity index (χ4n) is 2.80. The molecule has 2 heterocycles. The topological polar surface area (TPSA) is 56.9 Å². The zero-order valence-corrected chi connectivity index (χ0v) is 11.4. The first-order chi connectivity index (χ1) is 10.3. The van der Waals surface area contributed by atoms with Crippen molar-refractivity contribution in [2.75, 3.05) is 10.6 Å². The van der Waals surface area contributed by atoms with Crippen LogP contribution in [0.5, 0.6) is 0 Å². The summed E-state index contributed by atoms with van der Waals surface area (Å²) in [7, 11) is 0. The Bertz CT molecular complexity index is 789. The fourth-order valence-corrected chi connectivity index (χ4v) is 2.80. The van der Waals surface area contributed by atoms with Crippen LogP contribution in [0.25, 0.3) is 10.9 Å². The standard InChI is InChI=1S/C17H15N3O/c21-17-16(19-14-7-3-4-8-15(14)20-17)10-12-9-11-5-1-2-6-13(11)18-12/h1-9,16,18-19H,10H2,(H,20,21). The van der Waals surface area contributed by atoms with Crippen LogP contribution in [0.15, 0.2) is 54.6 Å². The number of carbonyl (C=O) groups is 1. The third-order valence-electron chi connectivity index (χ3n) is 3.84. The summed E-state index contributed by atoms with van der Waals surface area (Å²) in [5, 5.41) is 7.43. The molecule has 104 valence electrons. The summed E-state index contributed by atoms with van der Waals surface area (Å²) in [5.41, 5.74) is 3.97. The Hall–Kier alpha value is -2.75. The summed E-state index contributed by atoms with van der Waals surface area (Å²) in [6.45, 7) is 0. The van der Waals surface area contributed by atoms with Crippen molar-refractivity contribution < 1.29 is 4.79 Å². The molecule has 4 rings (SSSR count). The molecule has 0 fully saturated rings. The molecule has 4 nitrogen and oxygen atoms in total. The number of aromatic amines is 1. The number of para-hydroxylation sites is 3. The number of nitrogens with one attached hydrogen (secondary N) is 3. The number of aromatic nitrogens is 1. The number of hydrogen-bond donors (Lipinski definition) is 3. The van der Waals surface area contributed by atoms with Crippen LogP contribution < -0.4 is 10.6 Å². The van der Waals surface area contributed by atoms with Crippen LogP contribution in [-0.4, -0.2) is 16.9 Å². The summed E-state index contributed by atoms with van der Waals surface area (Å²) < 4.78 is 0. The van der Waals surface area contributed by atoms with Gasteiger partial charge in [0.1, 0.15) is 6.04 Å². The SMILES string of the molecule is O=C1Nc2ccccc2NC1Cc1cc2ccccc2[nH]1. The van der Waals surface area contributed by atoms with E-state index in [0.717, 1.165) is 22.6 Å². The van der Waals surface area contributed by atoms with Crippen molar-refractivity contribution in [3.63, 3.8) is 0 Å². The van der Waals surface area contributed by atoms with Gasteiger partial charge < -0.3 is 15.6 Å². The molecule has 1 aromatic heterocycles. The van der Waals surface area contributed by atoms with Gasteiger partial charge in [-0.2, -0.15) is 0 Å². The van der Waals surface area contributed by atoms with E-state index >= 15 is 0 Å². The highest BCUT2D eigenvalue weighted by Gasteiger charge is 2.25. The van der Waals surface area contributed by atoms with Gasteiger partial charge in [-0.15, -0.1) is 0 Å². The lowest BCUT2D eigenvalue weighted by Crippen LogP contribution is -2.40. The Kier molecular flexibility index (Phi) is 2.67. The molecule has 21 heavy (non-hydrogen) atoms. The molecule has 0 aliphatic carbocycles. The van der Waals surface area contributed by atoms with Crippen LogP contribution in [0.2, 0.25) is 0 Å². The van der Waals surface area contributed by atoms with E-state index in [-0.39, 0.29) is 11.9 Å². The Morgan fingerprint density at radius 3 is 2.57 bits per heavy atom. The molecule has 0 spiro atoms. The van der Waals surface area contributed by atoms with E-state index in [4.69, 9.17) is 0 Å². The summed E-state index contributed by atoms with van der Waals surface area (Å²) in [4.78, 5) is 15.6. The highest BCUT2D eigenvalue weighted by atomic mass is 16.2. The molecule has 4 heteroatoms. The number of H-pyrrole nitrogens is 1. The number of fused-ring (bicyclic) bond motifs is 2. The van der Waals surface area contributed by atoms with E-state index in [1.165, 1.54) is 5.39 Å². The quantitative estimate of drug-likeness (QED) is 0.674. The summed E-state index contributed by atoms with van der Waals surface area (Å²) in [6.07, 6.45) is 0.634. The first-order valence-electron chi connectivity index (χ1n) is 7.03. The normalized spacial score (nSPS) is 17.1. The van der Waals surface area contributed by atoms with Crippen molar-refractivity contribution in [2.24, 2.45) is 0 Å². The van der Waals surface area contributed by atoms with Gasteiger partial charge in [-0.05, 0) is 29.7 Å². The van der Waals surface area contributed by atoms with Crippen molar-refractivity contribution in [3.8, 4) is 0 Å². The molecule has 1 amide bonds. The Balaban J connectivity index is 1.61. The maximum Gasteiger partial charge on any atom is 0.247 e. The highest BCUT2D eigenvalue weighted by Crippen LogP contribution is 2.27. The van der Waals surface area contributed by atoms with Crippen molar-refractivity contribution >= 4 is 28.2 Å². The summed E-state index contributed by atoms with van der Waals surface area (Å²) >= 11 is 0. The molecule has 3 aromatic rings. The molecule has 3 N–H and O–H groups in total. The van der Waals surface area contributed by atoms with E-state index in [2.05, 4.69) is 27.8 Å². The second kappa shape index (κ2) is 4.66. The highest BCUT2D eigenvalue weighted by molar-refractivity contribution is 6.03. The number of benzene rings is 2. The maximum absolute atomic E-state index is 12.2. The average Bonchev–Trinajstić information content (AvgIpc) is 2.90. The zero-order valence-electron chi connectivity index (χ0n) is 11.4. The molecule has 1 aliphatic rings. The minimum absolute atomic E-state index is 0.00681. The number of carbonyl (C=O) groups excluding carboxylic acids is 1. The van der Waals surface area contributed by atoms with Gasteiger partial charge in [0.2, 0.25) is 5.91 Å². The van der Waals surface area contributed by atoms with Gasteiger partial charge in [0.25, 0.3) is 0 Å². The Morgan fingerprint density at radius 1 is 0.952 bits per heavy atom. The molecule has 1 atom stereocenters. The van der Waals surface area contributed by atoms with E-state index in [0.29, 0.717) is 6.42 Å². The number of hydrogen-bond acceptors (Lipinski definition) is 2. The molecule has 0 saturated heterocycles. The third kappa shape index (κ3) is 2.14. The van der Waals surface area contributed by atoms with Gasteiger partial charge in [-0.3, -0.25) is 4.79 Å². The van der Waals surface area contributed by atoms with Crippen LogP contribution >= 0.6 is 0 Å². The van der Waals surface area contributed by atoms with Crippen molar-refractivity contribution in [2.45, 2.75) is 12.5 Å². The molecule has 0 saturated carbocycles. The van der Waals surface area contributed by atoms with Crippen LogP contribution in [0.3, 0.4) is 0 Å². The predicted molar refractivity (Wildman–Crippen MR) is 84.5 cm³/mol. The lowest BCUT2D eigenvalue weighted by atomic mass is 10.1. The van der Waals surface area contributed by atoms with Gasteiger partial charge in [0.05, 0.1) is 11.4 Å². The fraction of sp³-hybridized carbons (Fsp3) is 0.118. The molecule has 0 radical (unpaired) electrons. The Morgan fingerprint density at radius 2 is 1.71 bits per heavy atom. The van der Waals surface area contributed by atoms with Gasteiger partial charge in [-0.25, -0.2) is 0 Å². The minimum atomic E-state index is -0.257. The monoisotopic (exact) mass is 277 g/mol. The smallest absolute Gasteiger partial charge is 0.247 e. The van der Waals surface area contributed by atoms with Gasteiger partial charge in [0.15, 0.2) is 0 Å². The second-order valence-electron chi connectivity index (χ2n) is 5.32. The zero-order chi connectivity index (χ0) is 14.2. The average molecular weight is 277 g/mol. The molecular weight excluding hydrogens is 262 g/mol.